The van der Waals surface area contributed by atoms with Crippen LogP contribution in [0.2, 0.25) is 0 Å². The minimum atomic E-state index is -0.769. The van der Waals surface area contributed by atoms with E-state index in [1.54, 1.807) is 19.5 Å². The van der Waals surface area contributed by atoms with E-state index in [0.29, 0.717) is 16.7 Å². The molecule has 4 aromatic rings. The molecule has 0 radical (unpaired) electrons. The summed E-state index contributed by atoms with van der Waals surface area (Å²) in [4.78, 5) is 16.4. The SMILES string of the molecule is COc1ccc(-n2c(SCC(=O)Nc3cc(F)cc(F)c3)nnc2-c2ccncc2)cc1. The number of nitrogens with zero attached hydrogens (tertiary/aromatic N) is 4. The van der Waals surface area contributed by atoms with Crippen molar-refractivity contribution >= 4 is 23.4 Å². The van der Waals surface area contributed by atoms with Crippen molar-refractivity contribution in [2.45, 2.75) is 5.16 Å². The van der Waals surface area contributed by atoms with Crippen molar-refractivity contribution in [3.8, 4) is 22.8 Å². The van der Waals surface area contributed by atoms with Gasteiger partial charge in [-0.15, -0.1) is 10.2 Å². The Bertz CT molecular complexity index is 1210. The van der Waals surface area contributed by atoms with Crippen LogP contribution in [0.5, 0.6) is 5.75 Å². The van der Waals surface area contributed by atoms with Crippen LogP contribution in [-0.4, -0.2) is 38.5 Å². The zero-order valence-electron chi connectivity index (χ0n) is 16.8. The molecule has 0 unspecified atom stereocenters. The van der Waals surface area contributed by atoms with E-state index >= 15 is 0 Å². The lowest BCUT2D eigenvalue weighted by atomic mass is 10.2. The molecule has 1 amide bonds. The summed E-state index contributed by atoms with van der Waals surface area (Å²) in [6, 6.07) is 13.8. The van der Waals surface area contributed by atoms with Crippen molar-refractivity contribution in [3.05, 3.63) is 78.6 Å². The Kier molecular flexibility index (Phi) is 6.41. The van der Waals surface area contributed by atoms with Crippen LogP contribution in [0.25, 0.3) is 17.1 Å². The fraction of sp³-hybridized carbons (Fsp3) is 0.0909. The maximum atomic E-state index is 13.4. The van der Waals surface area contributed by atoms with E-state index in [1.165, 1.54) is 0 Å². The van der Waals surface area contributed by atoms with Crippen molar-refractivity contribution in [2.75, 3.05) is 18.2 Å². The number of aromatic nitrogens is 4. The lowest BCUT2D eigenvalue weighted by Gasteiger charge is -2.11. The van der Waals surface area contributed by atoms with Gasteiger partial charge in [-0.1, -0.05) is 11.8 Å². The second-order valence-corrected chi connectivity index (χ2v) is 7.51. The van der Waals surface area contributed by atoms with E-state index < -0.39 is 17.5 Å². The number of anilines is 1. The summed E-state index contributed by atoms with van der Waals surface area (Å²) in [5, 5.41) is 11.5. The lowest BCUT2D eigenvalue weighted by molar-refractivity contribution is -0.113. The molecule has 0 bridgehead atoms. The number of amides is 1. The quantitative estimate of drug-likeness (QED) is 0.419. The number of hydrogen-bond acceptors (Lipinski definition) is 6. The Morgan fingerprint density at radius 1 is 1.03 bits per heavy atom. The van der Waals surface area contributed by atoms with Gasteiger partial charge in [0.1, 0.15) is 17.4 Å². The van der Waals surface area contributed by atoms with Crippen molar-refractivity contribution in [2.24, 2.45) is 0 Å². The van der Waals surface area contributed by atoms with Crippen LogP contribution in [0, 0.1) is 11.6 Å². The summed E-state index contributed by atoms with van der Waals surface area (Å²) in [6.07, 6.45) is 3.31. The highest BCUT2D eigenvalue weighted by molar-refractivity contribution is 7.99. The van der Waals surface area contributed by atoms with Gasteiger partial charge in [-0.3, -0.25) is 14.3 Å². The van der Waals surface area contributed by atoms with Crippen LogP contribution in [0.4, 0.5) is 14.5 Å². The molecule has 2 aromatic heterocycles. The first-order valence-electron chi connectivity index (χ1n) is 9.42. The number of benzene rings is 2. The number of carbonyl (C=O) groups is 1. The maximum Gasteiger partial charge on any atom is 0.234 e. The molecule has 1 N–H and O–H groups in total. The van der Waals surface area contributed by atoms with Gasteiger partial charge in [0.25, 0.3) is 0 Å². The summed E-state index contributed by atoms with van der Waals surface area (Å²) in [6.45, 7) is 0. The molecule has 4 rings (SSSR count). The average molecular weight is 453 g/mol. The monoisotopic (exact) mass is 453 g/mol. The fourth-order valence-corrected chi connectivity index (χ4v) is 3.72. The molecule has 0 spiro atoms. The molecule has 0 saturated carbocycles. The Morgan fingerprint density at radius 3 is 2.38 bits per heavy atom. The number of nitrogens with one attached hydrogen (secondary N) is 1. The molecule has 7 nitrogen and oxygen atoms in total. The first-order chi connectivity index (χ1) is 15.5. The molecule has 0 aliphatic rings. The number of thioether (sulfide) groups is 1. The molecular formula is C22H17F2N5O2S. The highest BCUT2D eigenvalue weighted by Gasteiger charge is 2.17. The first kappa shape index (κ1) is 21.4. The van der Waals surface area contributed by atoms with Crippen LogP contribution in [0.3, 0.4) is 0 Å². The van der Waals surface area contributed by atoms with Gasteiger partial charge in [0.15, 0.2) is 11.0 Å². The Morgan fingerprint density at radius 2 is 1.72 bits per heavy atom. The Labute approximate surface area is 186 Å². The second-order valence-electron chi connectivity index (χ2n) is 6.57. The van der Waals surface area contributed by atoms with Crippen LogP contribution < -0.4 is 10.1 Å². The normalized spacial score (nSPS) is 10.7. The molecule has 0 aliphatic carbocycles. The summed E-state index contributed by atoms with van der Waals surface area (Å²) in [5.74, 6) is -0.739. The largest absolute Gasteiger partial charge is 0.497 e. The highest BCUT2D eigenvalue weighted by Crippen LogP contribution is 2.28. The minimum Gasteiger partial charge on any atom is -0.497 e. The van der Waals surface area contributed by atoms with Crippen molar-refractivity contribution < 1.29 is 18.3 Å². The average Bonchev–Trinajstić information content (AvgIpc) is 3.21. The van der Waals surface area contributed by atoms with Gasteiger partial charge in [-0.05, 0) is 48.5 Å². The Hall–Kier alpha value is -3.79. The van der Waals surface area contributed by atoms with E-state index in [0.717, 1.165) is 41.2 Å². The van der Waals surface area contributed by atoms with E-state index in [9.17, 15) is 13.6 Å². The van der Waals surface area contributed by atoms with Gasteiger partial charge < -0.3 is 10.1 Å². The number of halogens is 2. The Balaban J connectivity index is 1.59. The van der Waals surface area contributed by atoms with Crippen LogP contribution in [0.1, 0.15) is 0 Å². The van der Waals surface area contributed by atoms with Crippen molar-refractivity contribution in [1.29, 1.82) is 0 Å². The van der Waals surface area contributed by atoms with Gasteiger partial charge in [0.2, 0.25) is 5.91 Å². The van der Waals surface area contributed by atoms with Gasteiger partial charge in [-0.25, -0.2) is 8.78 Å². The zero-order chi connectivity index (χ0) is 22.5. The standard InChI is InChI=1S/C22H17F2N5O2S/c1-31-19-4-2-18(3-5-19)29-21(14-6-8-25-9-7-14)27-28-22(29)32-13-20(30)26-17-11-15(23)10-16(24)12-17/h2-12H,13H2,1H3,(H,26,30). The summed E-state index contributed by atoms with van der Waals surface area (Å²) in [7, 11) is 1.58. The minimum absolute atomic E-state index is 0.0389. The molecule has 0 saturated heterocycles. The number of pyridine rings is 1. The van der Waals surface area contributed by atoms with E-state index in [2.05, 4.69) is 20.5 Å². The summed E-state index contributed by atoms with van der Waals surface area (Å²) >= 11 is 1.15. The zero-order valence-corrected chi connectivity index (χ0v) is 17.6. The molecule has 0 atom stereocenters. The number of ether oxygens (including phenoxy) is 1. The van der Waals surface area contributed by atoms with Gasteiger partial charge in [-0.2, -0.15) is 0 Å². The molecular weight excluding hydrogens is 436 g/mol. The predicted octanol–water partition coefficient (Wildman–Crippen LogP) is 4.35. The summed E-state index contributed by atoms with van der Waals surface area (Å²) in [5.41, 5.74) is 1.62. The molecule has 32 heavy (non-hydrogen) atoms. The van der Waals surface area contributed by atoms with Gasteiger partial charge in [0, 0.05) is 35.4 Å². The summed E-state index contributed by atoms with van der Waals surface area (Å²) < 4.78 is 33.8. The molecule has 2 heterocycles. The van der Waals surface area contributed by atoms with Crippen molar-refractivity contribution in [1.82, 2.24) is 19.7 Å². The van der Waals surface area contributed by atoms with Gasteiger partial charge in [0.05, 0.1) is 12.9 Å². The third-order valence-corrected chi connectivity index (χ3v) is 5.31. The molecule has 0 fully saturated rings. The predicted molar refractivity (Wildman–Crippen MR) is 117 cm³/mol. The molecule has 0 aliphatic heterocycles. The number of carbonyl (C=O) groups excluding carboxylic acids is 1. The number of hydrogen-bond donors (Lipinski definition) is 1. The fourth-order valence-electron chi connectivity index (χ4n) is 2.97. The van der Waals surface area contributed by atoms with Crippen LogP contribution >= 0.6 is 11.8 Å². The smallest absolute Gasteiger partial charge is 0.234 e. The lowest BCUT2D eigenvalue weighted by Crippen LogP contribution is -2.15. The third-order valence-electron chi connectivity index (χ3n) is 4.38. The number of rotatable bonds is 7. The van der Waals surface area contributed by atoms with E-state index in [1.807, 2.05) is 41.0 Å². The third kappa shape index (κ3) is 4.92. The first-order valence-corrected chi connectivity index (χ1v) is 10.4. The van der Waals surface area contributed by atoms with E-state index in [4.69, 9.17) is 4.74 Å². The maximum absolute atomic E-state index is 13.4. The molecule has 10 heteroatoms. The van der Waals surface area contributed by atoms with Crippen LogP contribution in [-0.2, 0) is 4.79 Å². The van der Waals surface area contributed by atoms with Crippen LogP contribution in [0.15, 0.2) is 72.1 Å². The molecule has 2 aromatic carbocycles. The van der Waals surface area contributed by atoms with E-state index in [-0.39, 0.29) is 11.4 Å². The van der Waals surface area contributed by atoms with Gasteiger partial charge >= 0.3 is 0 Å². The van der Waals surface area contributed by atoms with Crippen molar-refractivity contribution in [3.63, 3.8) is 0 Å². The second kappa shape index (κ2) is 9.56. The topological polar surface area (TPSA) is 81.9 Å². The molecule has 162 valence electrons. The highest BCUT2D eigenvalue weighted by atomic mass is 32.2. The number of methoxy groups -OCH3 is 1.